The van der Waals surface area contributed by atoms with Crippen LogP contribution in [0.5, 0.6) is 5.75 Å². The number of ketones is 1. The Balaban J connectivity index is 2.93. The second-order valence-corrected chi connectivity index (χ2v) is 3.03. The standard InChI is InChI=1S/C10H10FNO4/c1-2-7(13)6-16-10-8(11)4-3-5-9(10)12(14)15/h3-5H,2,6H2,1H3. The van der Waals surface area contributed by atoms with E-state index in [0.29, 0.717) is 0 Å². The minimum Gasteiger partial charge on any atom is -0.477 e. The Kier molecular flexibility index (Phi) is 3.93. The Morgan fingerprint density at radius 1 is 1.56 bits per heavy atom. The first-order valence-electron chi connectivity index (χ1n) is 4.63. The van der Waals surface area contributed by atoms with Gasteiger partial charge in [-0.25, -0.2) is 4.39 Å². The van der Waals surface area contributed by atoms with Gasteiger partial charge in [0, 0.05) is 12.5 Å². The van der Waals surface area contributed by atoms with E-state index in [9.17, 15) is 19.3 Å². The molecule has 86 valence electrons. The van der Waals surface area contributed by atoms with Crippen LogP contribution in [0, 0.1) is 15.9 Å². The Morgan fingerprint density at radius 3 is 2.81 bits per heavy atom. The van der Waals surface area contributed by atoms with Crippen molar-refractivity contribution in [2.75, 3.05) is 6.61 Å². The first kappa shape index (κ1) is 12.1. The van der Waals surface area contributed by atoms with Gasteiger partial charge < -0.3 is 4.74 Å². The highest BCUT2D eigenvalue weighted by Gasteiger charge is 2.19. The highest BCUT2D eigenvalue weighted by atomic mass is 19.1. The first-order valence-corrected chi connectivity index (χ1v) is 4.63. The molecule has 6 heteroatoms. The Hall–Kier alpha value is -1.98. The van der Waals surface area contributed by atoms with Crippen molar-refractivity contribution in [2.24, 2.45) is 0 Å². The third-order valence-electron chi connectivity index (χ3n) is 1.91. The fourth-order valence-electron chi connectivity index (χ4n) is 1.04. The van der Waals surface area contributed by atoms with E-state index in [1.54, 1.807) is 6.92 Å². The van der Waals surface area contributed by atoms with Gasteiger partial charge in [0.2, 0.25) is 5.75 Å². The molecule has 0 amide bonds. The zero-order valence-corrected chi connectivity index (χ0v) is 8.60. The van der Waals surface area contributed by atoms with Gasteiger partial charge in [0.1, 0.15) is 6.61 Å². The molecule has 0 saturated carbocycles. The van der Waals surface area contributed by atoms with E-state index in [1.165, 1.54) is 6.07 Å². The molecule has 1 aromatic carbocycles. The molecule has 0 atom stereocenters. The number of nitro groups is 1. The smallest absolute Gasteiger partial charge is 0.314 e. The maximum absolute atomic E-state index is 13.2. The van der Waals surface area contributed by atoms with Gasteiger partial charge in [0.15, 0.2) is 11.6 Å². The van der Waals surface area contributed by atoms with E-state index in [1.807, 2.05) is 0 Å². The van der Waals surface area contributed by atoms with Crippen molar-refractivity contribution in [1.82, 2.24) is 0 Å². The molecule has 0 spiro atoms. The summed E-state index contributed by atoms with van der Waals surface area (Å²) in [4.78, 5) is 20.8. The van der Waals surface area contributed by atoms with E-state index in [0.717, 1.165) is 12.1 Å². The second-order valence-electron chi connectivity index (χ2n) is 3.03. The number of hydrogen-bond acceptors (Lipinski definition) is 4. The molecular weight excluding hydrogens is 217 g/mol. The average molecular weight is 227 g/mol. The van der Waals surface area contributed by atoms with E-state index in [2.05, 4.69) is 0 Å². The summed E-state index contributed by atoms with van der Waals surface area (Å²) >= 11 is 0. The molecule has 0 bridgehead atoms. The van der Waals surface area contributed by atoms with Gasteiger partial charge in [0.05, 0.1) is 4.92 Å². The third kappa shape index (κ3) is 2.75. The number of hydrogen-bond donors (Lipinski definition) is 0. The number of benzene rings is 1. The van der Waals surface area contributed by atoms with Crippen molar-refractivity contribution < 1.29 is 18.8 Å². The molecule has 16 heavy (non-hydrogen) atoms. The Labute approximate surface area is 91.0 Å². The van der Waals surface area contributed by atoms with Gasteiger partial charge in [0.25, 0.3) is 0 Å². The predicted molar refractivity (Wildman–Crippen MR) is 53.8 cm³/mol. The van der Waals surface area contributed by atoms with Crippen LogP contribution in [0.4, 0.5) is 10.1 Å². The summed E-state index contributed by atoms with van der Waals surface area (Å²) in [6.45, 7) is 1.26. The summed E-state index contributed by atoms with van der Waals surface area (Å²) in [7, 11) is 0. The van der Waals surface area contributed by atoms with Crippen LogP contribution in [0.25, 0.3) is 0 Å². The highest BCUT2D eigenvalue weighted by molar-refractivity contribution is 5.79. The van der Waals surface area contributed by atoms with Crippen LogP contribution in [0.1, 0.15) is 13.3 Å². The van der Waals surface area contributed by atoms with E-state index in [4.69, 9.17) is 4.74 Å². The molecule has 0 unspecified atom stereocenters. The zero-order valence-electron chi connectivity index (χ0n) is 8.60. The van der Waals surface area contributed by atoms with Crippen LogP contribution >= 0.6 is 0 Å². The van der Waals surface area contributed by atoms with Gasteiger partial charge in [-0.3, -0.25) is 14.9 Å². The Morgan fingerprint density at radius 2 is 2.25 bits per heavy atom. The first-order chi connectivity index (χ1) is 7.56. The molecule has 0 saturated heterocycles. The van der Waals surface area contributed by atoms with Crippen molar-refractivity contribution in [3.63, 3.8) is 0 Å². The number of carbonyl (C=O) groups is 1. The molecule has 0 radical (unpaired) electrons. The van der Waals surface area contributed by atoms with Gasteiger partial charge in [-0.1, -0.05) is 13.0 Å². The predicted octanol–water partition coefficient (Wildman–Crippen LogP) is 2.09. The molecule has 5 nitrogen and oxygen atoms in total. The lowest BCUT2D eigenvalue weighted by Crippen LogP contribution is -2.11. The SMILES string of the molecule is CCC(=O)COc1c(F)cccc1[N+](=O)[O-]. The largest absolute Gasteiger partial charge is 0.477 e. The maximum Gasteiger partial charge on any atom is 0.314 e. The van der Waals surface area contributed by atoms with E-state index >= 15 is 0 Å². The average Bonchev–Trinajstić information content (AvgIpc) is 2.26. The van der Waals surface area contributed by atoms with Crippen molar-refractivity contribution in [1.29, 1.82) is 0 Å². The molecule has 0 aliphatic rings. The quantitative estimate of drug-likeness (QED) is 0.570. The summed E-state index contributed by atoms with van der Waals surface area (Å²) in [6.07, 6.45) is 0.238. The molecule has 0 fully saturated rings. The summed E-state index contributed by atoms with van der Waals surface area (Å²) in [5.74, 6) is -1.59. The van der Waals surface area contributed by atoms with Crippen LogP contribution < -0.4 is 4.74 Å². The Bertz CT molecular complexity index is 419. The second kappa shape index (κ2) is 5.20. The number of para-hydroxylation sites is 1. The number of nitro benzene ring substituents is 1. The van der Waals surface area contributed by atoms with Gasteiger partial charge >= 0.3 is 5.69 Å². The molecule has 1 rings (SSSR count). The number of Topliss-reactive ketones (excluding diaryl/α,β-unsaturated/α-hetero) is 1. The topological polar surface area (TPSA) is 69.4 Å². The third-order valence-corrected chi connectivity index (χ3v) is 1.91. The highest BCUT2D eigenvalue weighted by Crippen LogP contribution is 2.29. The van der Waals surface area contributed by atoms with Crippen LogP contribution in [0.15, 0.2) is 18.2 Å². The van der Waals surface area contributed by atoms with Crippen LogP contribution in [-0.2, 0) is 4.79 Å². The summed E-state index contributed by atoms with van der Waals surface area (Å²) in [5.41, 5.74) is -0.482. The van der Waals surface area contributed by atoms with Crippen molar-refractivity contribution in [3.05, 3.63) is 34.1 Å². The number of ether oxygens (including phenoxy) is 1. The lowest BCUT2D eigenvalue weighted by Gasteiger charge is -2.05. The van der Waals surface area contributed by atoms with Crippen LogP contribution in [-0.4, -0.2) is 17.3 Å². The zero-order chi connectivity index (χ0) is 12.1. The molecule has 0 aliphatic carbocycles. The fraction of sp³-hybridized carbons (Fsp3) is 0.300. The summed E-state index contributed by atoms with van der Waals surface area (Å²) in [5, 5.41) is 10.6. The van der Waals surface area contributed by atoms with E-state index in [-0.39, 0.29) is 18.8 Å². The van der Waals surface area contributed by atoms with Gasteiger partial charge in [-0.05, 0) is 6.07 Å². The van der Waals surface area contributed by atoms with Crippen molar-refractivity contribution in [3.8, 4) is 5.75 Å². The number of carbonyl (C=O) groups excluding carboxylic acids is 1. The monoisotopic (exact) mass is 227 g/mol. The van der Waals surface area contributed by atoms with E-state index < -0.39 is 22.2 Å². The molecule has 1 aromatic rings. The summed E-state index contributed by atoms with van der Waals surface area (Å²) in [6, 6.07) is 3.37. The minimum atomic E-state index is -0.849. The number of rotatable bonds is 5. The number of halogens is 1. The van der Waals surface area contributed by atoms with Crippen LogP contribution in [0.3, 0.4) is 0 Å². The normalized spacial score (nSPS) is 9.88. The lowest BCUT2D eigenvalue weighted by atomic mass is 10.3. The van der Waals surface area contributed by atoms with Gasteiger partial charge in [-0.15, -0.1) is 0 Å². The van der Waals surface area contributed by atoms with Crippen molar-refractivity contribution >= 4 is 11.5 Å². The maximum atomic E-state index is 13.2. The summed E-state index contributed by atoms with van der Waals surface area (Å²) < 4.78 is 18.0. The molecule has 0 aliphatic heterocycles. The molecule has 0 N–H and O–H groups in total. The fourth-order valence-corrected chi connectivity index (χ4v) is 1.04. The van der Waals surface area contributed by atoms with Crippen molar-refractivity contribution in [2.45, 2.75) is 13.3 Å². The number of nitrogens with zero attached hydrogens (tertiary/aromatic N) is 1. The molecular formula is C10H10FNO4. The molecule has 0 heterocycles. The molecule has 0 aromatic heterocycles. The van der Waals surface area contributed by atoms with Crippen LogP contribution in [0.2, 0.25) is 0 Å². The minimum absolute atomic E-state index is 0.238. The van der Waals surface area contributed by atoms with Gasteiger partial charge in [-0.2, -0.15) is 0 Å². The lowest BCUT2D eigenvalue weighted by molar-refractivity contribution is -0.386.